The van der Waals surface area contributed by atoms with Crippen LogP contribution in [-0.2, 0) is 0 Å². The molecule has 2 rings (SSSR count). The van der Waals surface area contributed by atoms with E-state index in [0.29, 0.717) is 16.6 Å². The van der Waals surface area contributed by atoms with E-state index >= 15 is 0 Å². The molecule has 2 unspecified atom stereocenters. The number of likely N-dealkylation sites (tertiary alicyclic amines) is 1. The molecule has 2 heterocycles. The second-order valence-electron chi connectivity index (χ2n) is 4.98. The van der Waals surface area contributed by atoms with Crippen LogP contribution in [0.2, 0.25) is 5.15 Å². The standard InChI is InChI=1S/C13H18ClN3O/c1-9-8-17(2)6-5-11(9)16-13(18)10-3-4-12(14)15-7-10/h3-4,7,9,11H,5-6,8H2,1-2H3,(H,16,18). The number of carbonyl (C=O) groups is 1. The van der Waals surface area contributed by atoms with Crippen molar-refractivity contribution in [2.45, 2.75) is 19.4 Å². The minimum absolute atomic E-state index is 0.0689. The first-order chi connectivity index (χ1) is 8.56. The summed E-state index contributed by atoms with van der Waals surface area (Å²) in [5, 5.41) is 3.48. The largest absolute Gasteiger partial charge is 0.349 e. The van der Waals surface area contributed by atoms with E-state index in [1.54, 1.807) is 12.1 Å². The molecule has 0 saturated carbocycles. The Labute approximate surface area is 112 Å². The van der Waals surface area contributed by atoms with E-state index in [0.717, 1.165) is 19.5 Å². The number of nitrogens with zero attached hydrogens (tertiary/aromatic N) is 2. The number of rotatable bonds is 2. The zero-order valence-electron chi connectivity index (χ0n) is 10.7. The molecule has 18 heavy (non-hydrogen) atoms. The highest BCUT2D eigenvalue weighted by Crippen LogP contribution is 2.16. The van der Waals surface area contributed by atoms with Gasteiger partial charge >= 0.3 is 0 Å². The highest BCUT2D eigenvalue weighted by molar-refractivity contribution is 6.29. The van der Waals surface area contributed by atoms with Crippen molar-refractivity contribution in [1.82, 2.24) is 15.2 Å². The smallest absolute Gasteiger partial charge is 0.253 e. The third-order valence-electron chi connectivity index (χ3n) is 3.41. The Hall–Kier alpha value is -1.13. The first-order valence-electron chi connectivity index (χ1n) is 6.17. The topological polar surface area (TPSA) is 45.2 Å². The van der Waals surface area contributed by atoms with Gasteiger partial charge in [0.1, 0.15) is 5.15 Å². The molecule has 1 amide bonds. The maximum Gasteiger partial charge on any atom is 0.253 e. The average molecular weight is 268 g/mol. The van der Waals surface area contributed by atoms with Gasteiger partial charge in [-0.15, -0.1) is 0 Å². The molecule has 0 aliphatic carbocycles. The summed E-state index contributed by atoms with van der Waals surface area (Å²) in [6.45, 7) is 4.21. The molecular formula is C13H18ClN3O. The van der Waals surface area contributed by atoms with E-state index in [4.69, 9.17) is 11.6 Å². The number of hydrogen-bond acceptors (Lipinski definition) is 3. The summed E-state index contributed by atoms with van der Waals surface area (Å²) in [5.41, 5.74) is 0.561. The van der Waals surface area contributed by atoms with Crippen LogP contribution < -0.4 is 5.32 Å². The van der Waals surface area contributed by atoms with E-state index in [1.165, 1.54) is 6.20 Å². The van der Waals surface area contributed by atoms with E-state index in [2.05, 4.69) is 29.2 Å². The van der Waals surface area contributed by atoms with Crippen LogP contribution in [0.5, 0.6) is 0 Å². The molecule has 0 bridgehead atoms. The molecule has 0 aromatic carbocycles. The van der Waals surface area contributed by atoms with Gasteiger partial charge in [-0.05, 0) is 38.1 Å². The molecule has 1 aromatic rings. The van der Waals surface area contributed by atoms with Gasteiger partial charge in [0.05, 0.1) is 5.56 Å². The van der Waals surface area contributed by atoms with Crippen LogP contribution in [0.1, 0.15) is 23.7 Å². The molecule has 5 heteroatoms. The van der Waals surface area contributed by atoms with Crippen LogP contribution in [0.15, 0.2) is 18.3 Å². The third kappa shape index (κ3) is 3.21. The number of hydrogen-bond donors (Lipinski definition) is 1. The predicted octanol–water partition coefficient (Wildman–Crippen LogP) is 1.80. The predicted molar refractivity (Wildman–Crippen MR) is 71.8 cm³/mol. The van der Waals surface area contributed by atoms with Gasteiger partial charge in [-0.25, -0.2) is 4.98 Å². The zero-order chi connectivity index (χ0) is 13.1. The highest BCUT2D eigenvalue weighted by Gasteiger charge is 2.25. The number of carbonyl (C=O) groups excluding carboxylic acids is 1. The van der Waals surface area contributed by atoms with Crippen molar-refractivity contribution in [2.24, 2.45) is 5.92 Å². The van der Waals surface area contributed by atoms with Crippen LogP contribution in [0.25, 0.3) is 0 Å². The molecule has 1 fully saturated rings. The van der Waals surface area contributed by atoms with Crippen LogP contribution in [0, 0.1) is 5.92 Å². The van der Waals surface area contributed by atoms with Crippen molar-refractivity contribution in [3.63, 3.8) is 0 Å². The summed E-state index contributed by atoms with van der Waals surface area (Å²) in [7, 11) is 2.11. The first-order valence-corrected chi connectivity index (χ1v) is 6.55. The third-order valence-corrected chi connectivity index (χ3v) is 3.64. The molecule has 1 saturated heterocycles. The van der Waals surface area contributed by atoms with Gasteiger partial charge in [0.25, 0.3) is 5.91 Å². The molecule has 1 aliphatic heterocycles. The van der Waals surface area contributed by atoms with Crippen LogP contribution in [0.4, 0.5) is 0 Å². The molecule has 1 N–H and O–H groups in total. The Kier molecular flexibility index (Phi) is 4.19. The van der Waals surface area contributed by atoms with Crippen molar-refractivity contribution in [2.75, 3.05) is 20.1 Å². The Balaban J connectivity index is 1.97. The van der Waals surface area contributed by atoms with Crippen molar-refractivity contribution in [1.29, 1.82) is 0 Å². The molecule has 1 aromatic heterocycles. The molecule has 0 radical (unpaired) electrons. The fourth-order valence-corrected chi connectivity index (χ4v) is 2.44. The molecule has 1 aliphatic rings. The lowest BCUT2D eigenvalue weighted by Crippen LogP contribution is -2.48. The Morgan fingerprint density at radius 1 is 1.56 bits per heavy atom. The molecular weight excluding hydrogens is 250 g/mol. The van der Waals surface area contributed by atoms with Crippen molar-refractivity contribution in [3.05, 3.63) is 29.0 Å². The summed E-state index contributed by atoms with van der Waals surface area (Å²) in [6, 6.07) is 3.57. The molecule has 0 spiro atoms. The van der Waals surface area contributed by atoms with Crippen LogP contribution >= 0.6 is 11.6 Å². The second kappa shape index (κ2) is 5.67. The molecule has 4 nitrogen and oxygen atoms in total. The summed E-state index contributed by atoms with van der Waals surface area (Å²) >= 11 is 5.70. The first kappa shape index (κ1) is 13.3. The average Bonchev–Trinajstić information content (AvgIpc) is 2.33. The number of nitrogens with one attached hydrogen (secondary N) is 1. The quantitative estimate of drug-likeness (QED) is 0.832. The van der Waals surface area contributed by atoms with Gasteiger partial charge in [-0.1, -0.05) is 18.5 Å². The van der Waals surface area contributed by atoms with Gasteiger partial charge in [0.15, 0.2) is 0 Å². The van der Waals surface area contributed by atoms with E-state index in [9.17, 15) is 4.79 Å². The summed E-state index contributed by atoms with van der Waals surface area (Å²) in [4.78, 5) is 18.3. The fraction of sp³-hybridized carbons (Fsp3) is 0.538. The van der Waals surface area contributed by atoms with Gasteiger partial charge < -0.3 is 10.2 Å². The van der Waals surface area contributed by atoms with Crippen molar-refractivity contribution >= 4 is 17.5 Å². The molecule has 98 valence electrons. The van der Waals surface area contributed by atoms with Crippen LogP contribution in [-0.4, -0.2) is 42.0 Å². The maximum atomic E-state index is 12.0. The summed E-state index contributed by atoms with van der Waals surface area (Å²) in [5.74, 6) is 0.397. The minimum atomic E-state index is -0.0689. The Bertz CT molecular complexity index is 421. The Morgan fingerprint density at radius 3 is 2.94 bits per heavy atom. The van der Waals surface area contributed by atoms with Gasteiger partial charge in [0.2, 0.25) is 0 Å². The lowest BCUT2D eigenvalue weighted by molar-refractivity contribution is 0.0883. The van der Waals surface area contributed by atoms with E-state index in [-0.39, 0.29) is 11.9 Å². The lowest BCUT2D eigenvalue weighted by Gasteiger charge is -2.35. The van der Waals surface area contributed by atoms with Crippen LogP contribution in [0.3, 0.4) is 0 Å². The zero-order valence-corrected chi connectivity index (χ0v) is 11.4. The van der Waals surface area contributed by atoms with E-state index < -0.39 is 0 Å². The number of amides is 1. The number of piperidine rings is 1. The SMILES string of the molecule is CC1CN(C)CCC1NC(=O)c1ccc(Cl)nc1. The van der Waals surface area contributed by atoms with Crippen molar-refractivity contribution in [3.8, 4) is 0 Å². The normalized spacial score (nSPS) is 24.8. The number of pyridine rings is 1. The van der Waals surface area contributed by atoms with E-state index in [1.807, 2.05) is 0 Å². The van der Waals surface area contributed by atoms with Gasteiger partial charge in [0, 0.05) is 18.8 Å². The summed E-state index contributed by atoms with van der Waals surface area (Å²) < 4.78 is 0. The Morgan fingerprint density at radius 2 is 2.33 bits per heavy atom. The van der Waals surface area contributed by atoms with Crippen molar-refractivity contribution < 1.29 is 4.79 Å². The van der Waals surface area contributed by atoms with Gasteiger partial charge in [-0.2, -0.15) is 0 Å². The second-order valence-corrected chi connectivity index (χ2v) is 5.37. The van der Waals surface area contributed by atoms with Gasteiger partial charge in [-0.3, -0.25) is 4.79 Å². The maximum absolute atomic E-state index is 12.0. The summed E-state index contributed by atoms with van der Waals surface area (Å²) in [6.07, 6.45) is 2.50. The fourth-order valence-electron chi connectivity index (χ4n) is 2.33. The highest BCUT2D eigenvalue weighted by atomic mass is 35.5. The lowest BCUT2D eigenvalue weighted by atomic mass is 9.94. The number of aromatic nitrogens is 1. The molecule has 2 atom stereocenters. The number of halogens is 1. The monoisotopic (exact) mass is 267 g/mol. The minimum Gasteiger partial charge on any atom is -0.349 e.